The summed E-state index contributed by atoms with van der Waals surface area (Å²) in [5, 5.41) is 22.8. The summed E-state index contributed by atoms with van der Waals surface area (Å²) in [4.78, 5) is 114. The van der Waals surface area contributed by atoms with Gasteiger partial charge in [-0.25, -0.2) is 24.0 Å². The molecule has 5 heterocycles. The van der Waals surface area contributed by atoms with Crippen molar-refractivity contribution >= 4 is 136 Å². The van der Waals surface area contributed by atoms with Gasteiger partial charge in [-0.1, -0.05) is 149 Å². The Morgan fingerprint density at radius 2 is 0.763 bits per heavy atom. The first kappa shape index (κ1) is 129. The normalized spacial score (nSPS) is 17.8. The van der Waals surface area contributed by atoms with E-state index in [0.717, 1.165) is 106 Å². The fraction of sp³-hybridized carbons (Fsp3) is 0.606. The maximum atomic E-state index is 12.6. The van der Waals surface area contributed by atoms with Crippen molar-refractivity contribution in [1.29, 1.82) is 0 Å². The molecule has 5 saturated heterocycles. The predicted octanol–water partition coefficient (Wildman–Crippen LogP) is 14.9. The van der Waals surface area contributed by atoms with E-state index in [1.807, 2.05) is 177 Å². The standard InChI is InChI=1S/C21H31ClN2O4.C21H30ClNO5.C17H24ClNO3.C17H22ClNO3.C16H23ClN2O2.C4H7BrO2.C2H7N.CH4.B.2Na.2H/c1-5-23-18(25)14-27-19(15-8-6-10-17(22)12-15)16-9-7-11-24(13-16)20(26)28-21(2,3)4;1-5-26-18(24)14-27-19(15-8-6-10-17(22)12-15)16-9-7-11-23(13-16)20(25)28-21(2,3)4;2*1-17(2,3)22-16(21)19-9-5-7-13(11-19)15(20)12-6-4-8-14(18)10-12;1-2-19-15(20)11-21-16(13-6-4-8-18-10-13)12-5-3-7-14(17)9-12;1-2-7-4(6)3-5;1-2-3;;;;;;/h6,8,10,12,16,19H,5,7,9,11,13-14H2,1-4H3,(H,23,25);6,8,10,12,16,19H,5,7,9,11,13-14H2,1-4H3;4,6,8,10,13,15,20H,5,7,9,11H2,1-3H3;4,6,8,10,13H,5,7,9,11H2,1-3H3;3,5,7,9,13,16,18H,2,4,6,8,10-11H2,1H3,(H,19,20);2-3H2,1H3;2-3H2,1H3;1H4;;;;;/q;;;;;;;;;2*+1;2*-1/t2*16-,19?;13-,15?;13-;13-,16?;;;;;;;;/m11111......../s1. The number of esters is 2. The van der Waals surface area contributed by atoms with Gasteiger partial charge in [0.1, 0.15) is 47.6 Å². The molecule has 5 aromatic carbocycles. The quantitative estimate of drug-likeness (QED) is 0.0126. The minimum atomic E-state index is -0.621. The van der Waals surface area contributed by atoms with Crippen molar-refractivity contribution < 1.29 is 153 Å². The van der Waals surface area contributed by atoms with Crippen LogP contribution in [0.2, 0.25) is 25.1 Å². The number of hydrogen-bond donors (Lipinski definition) is 5. The van der Waals surface area contributed by atoms with Gasteiger partial charge in [0.25, 0.3) is 0 Å². The Labute approximate surface area is 886 Å². The van der Waals surface area contributed by atoms with Crippen LogP contribution in [-0.4, -0.2) is 233 Å². The number of amides is 6. The number of rotatable bonds is 24. The zero-order chi connectivity index (χ0) is 97.6. The smallest absolute Gasteiger partial charge is 1.00 e. The number of carbonyl (C=O) groups is 9. The minimum absolute atomic E-state index is 0. The molecule has 9 atom stereocenters. The third-order valence-electron chi connectivity index (χ3n) is 20.3. The number of ketones is 1. The first-order valence-electron chi connectivity index (χ1n) is 45.4. The van der Waals surface area contributed by atoms with Gasteiger partial charge in [0.15, 0.2) is 5.78 Å². The molecular weight excluding hydrogens is 1920 g/mol. The number of hydrogen-bond acceptors (Lipinski definition) is 21. The van der Waals surface area contributed by atoms with Crippen LogP contribution in [0, 0.1) is 29.6 Å². The van der Waals surface area contributed by atoms with Gasteiger partial charge in [0.05, 0.1) is 37.6 Å². The van der Waals surface area contributed by atoms with Crippen molar-refractivity contribution in [2.75, 3.05) is 123 Å². The zero-order valence-electron chi connectivity index (χ0n) is 84.3. The SMILES string of the molecule is C.CC(C)(C)OC(=O)N1CCC[C@@H](C(=O)c2cccc(Cl)c2)C1.CC(C)(C)OC(=O)N1CCC[C@@H](C(O)c2cccc(Cl)c2)C1.CCN.CCNC(=O)COC(c1cccc(Cl)c1)[C@@H]1CCCN(C(=O)OC(C)(C)C)C1.CCNC(=O)COC(c1cccc(Cl)c1)[C@@H]1CCCNC1.CCOC(=O)CBr.CCOC(=O)COC(c1cccc(Cl)c1)[C@@H]1CCCN(C(=O)OC(C)(C)C)C1.[B].[H-].[H-].[Na+].[Na+]. The van der Waals surface area contributed by atoms with Crippen molar-refractivity contribution in [3.05, 3.63) is 174 Å². The molecular formula is C99H150BBrCl5N8Na2O19. The van der Waals surface area contributed by atoms with E-state index >= 15 is 0 Å². The van der Waals surface area contributed by atoms with Crippen molar-refractivity contribution in [1.82, 2.24) is 35.6 Å². The molecule has 3 radical (unpaired) electrons. The number of carbonyl (C=O) groups excluding carboxylic acids is 9. The number of halogens is 6. The molecule has 0 saturated carbocycles. The Hall–Kier alpha value is -5.52. The topological polar surface area (TPSA) is 332 Å². The maximum Gasteiger partial charge on any atom is 1.00 e. The van der Waals surface area contributed by atoms with E-state index in [9.17, 15) is 48.3 Å². The molecule has 5 aliphatic rings. The summed E-state index contributed by atoms with van der Waals surface area (Å²) in [7, 11) is 0. The summed E-state index contributed by atoms with van der Waals surface area (Å²) >= 11 is 33.3. The van der Waals surface area contributed by atoms with E-state index in [4.69, 9.17) is 102 Å². The van der Waals surface area contributed by atoms with Gasteiger partial charge in [-0.05, 0) is 271 Å². The molecule has 5 aromatic rings. The second-order valence-corrected chi connectivity index (χ2v) is 38.9. The summed E-state index contributed by atoms with van der Waals surface area (Å²) in [5.74, 6) is -0.565. The Morgan fingerprint density at radius 1 is 0.452 bits per heavy atom. The van der Waals surface area contributed by atoms with Gasteiger partial charge < -0.3 is 91.9 Å². The third kappa shape index (κ3) is 52.7. The van der Waals surface area contributed by atoms with Crippen LogP contribution < -0.4 is 80.8 Å². The van der Waals surface area contributed by atoms with E-state index in [-0.39, 0.29) is 188 Å². The van der Waals surface area contributed by atoms with Crippen molar-refractivity contribution in [3.63, 3.8) is 0 Å². The second-order valence-electron chi connectivity index (χ2n) is 36.2. The van der Waals surface area contributed by atoms with E-state index in [0.29, 0.717) is 121 Å². The molecule has 747 valence electrons. The van der Waals surface area contributed by atoms with Gasteiger partial charge in [-0.3, -0.25) is 19.2 Å². The summed E-state index contributed by atoms with van der Waals surface area (Å²) in [6.45, 7) is 40.5. The van der Waals surface area contributed by atoms with Gasteiger partial charge in [0.2, 0.25) is 11.8 Å². The van der Waals surface area contributed by atoms with Crippen LogP contribution >= 0.6 is 73.9 Å². The Bertz CT molecular complexity index is 4220. The molecule has 4 unspecified atom stereocenters. The molecule has 0 spiro atoms. The number of Topliss-reactive ketones (excluding diaryl/α,β-unsaturated/α-hetero) is 1. The third-order valence-corrected chi connectivity index (χ3v) is 21.9. The van der Waals surface area contributed by atoms with Crippen LogP contribution in [0.4, 0.5) is 19.2 Å². The number of aliphatic hydroxyl groups excluding tert-OH is 1. The number of likely N-dealkylation sites (tertiary alicyclic amines) is 4. The maximum absolute atomic E-state index is 12.6. The fourth-order valence-electron chi connectivity index (χ4n) is 14.9. The van der Waals surface area contributed by atoms with Crippen LogP contribution in [0.25, 0.3) is 0 Å². The first-order chi connectivity index (χ1) is 61.8. The Balaban J connectivity index is -0.00000159. The molecule has 10 rings (SSSR count). The number of aliphatic hydroxyl groups is 1. The molecule has 0 aliphatic carbocycles. The summed E-state index contributed by atoms with van der Waals surface area (Å²) < 4.78 is 49.2. The van der Waals surface area contributed by atoms with Crippen molar-refractivity contribution in [3.8, 4) is 0 Å². The average molecular weight is 2070 g/mol. The molecule has 0 bridgehead atoms. The number of benzene rings is 5. The molecule has 27 nitrogen and oxygen atoms in total. The number of alkyl halides is 1. The Kier molecular flexibility index (Phi) is 65.0. The molecule has 135 heavy (non-hydrogen) atoms. The monoisotopic (exact) mass is 2070 g/mol. The van der Waals surface area contributed by atoms with Crippen molar-refractivity contribution in [2.45, 2.75) is 236 Å². The van der Waals surface area contributed by atoms with Crippen LogP contribution in [0.1, 0.15) is 249 Å². The summed E-state index contributed by atoms with van der Waals surface area (Å²) in [6, 6.07) is 36.8. The summed E-state index contributed by atoms with van der Waals surface area (Å²) in [6.07, 6.45) is 6.30. The molecule has 6 amide bonds. The van der Waals surface area contributed by atoms with E-state index in [1.54, 1.807) is 82.0 Å². The van der Waals surface area contributed by atoms with Crippen LogP contribution in [0.5, 0.6) is 0 Å². The predicted molar refractivity (Wildman–Crippen MR) is 534 cm³/mol. The largest absolute Gasteiger partial charge is 1.00 e. The zero-order valence-corrected chi connectivity index (χ0v) is 91.6. The molecule has 36 heteroatoms. The summed E-state index contributed by atoms with van der Waals surface area (Å²) in [5.41, 5.74) is 6.96. The molecule has 5 aliphatic heterocycles. The molecule has 5 fully saturated rings. The van der Waals surface area contributed by atoms with Gasteiger partial charge in [-0.15, -0.1) is 0 Å². The number of nitrogens with one attached hydrogen (secondary N) is 3. The second kappa shape index (κ2) is 67.8. The van der Waals surface area contributed by atoms with Gasteiger partial charge >= 0.3 is 95.4 Å². The number of piperidine rings is 5. The van der Waals surface area contributed by atoms with Crippen LogP contribution in [-0.2, 0) is 61.8 Å². The first-order valence-corrected chi connectivity index (χ1v) is 48.4. The van der Waals surface area contributed by atoms with Crippen molar-refractivity contribution in [2.24, 2.45) is 35.3 Å². The molecule has 6 N–H and O–H groups in total. The number of nitrogens with two attached hydrogens (primary N) is 1. The van der Waals surface area contributed by atoms with E-state index < -0.39 is 34.5 Å². The van der Waals surface area contributed by atoms with Gasteiger partial charge in [-0.2, -0.15) is 0 Å². The van der Waals surface area contributed by atoms with E-state index in [2.05, 4.69) is 36.6 Å². The number of likely N-dealkylation sites (N-methyl/N-ethyl adjacent to an activating group) is 2. The van der Waals surface area contributed by atoms with Gasteiger partial charge in [0, 0.05) is 141 Å². The fourth-order valence-corrected chi connectivity index (χ4v) is 16.0. The van der Waals surface area contributed by atoms with E-state index in [1.165, 1.54) is 0 Å². The number of ether oxygens (including phenoxy) is 9. The van der Waals surface area contributed by atoms with Crippen LogP contribution in [0.3, 0.4) is 0 Å². The van der Waals surface area contributed by atoms with Crippen LogP contribution in [0.15, 0.2) is 121 Å². The number of nitrogens with zero attached hydrogens (tertiary/aromatic N) is 4. The minimum Gasteiger partial charge on any atom is -1.00 e. The molecule has 0 aromatic heterocycles. The average Bonchev–Trinajstić information content (AvgIpc) is 0.787. The Morgan fingerprint density at radius 3 is 1.10 bits per heavy atom.